The first kappa shape index (κ1) is 16.6. The van der Waals surface area contributed by atoms with Gasteiger partial charge >= 0.3 is 0 Å². The first-order chi connectivity index (χ1) is 12.9. The number of nitrogens with one attached hydrogen (secondary N) is 2. The molecule has 3 fully saturated rings. The summed E-state index contributed by atoms with van der Waals surface area (Å²) in [6, 6.07) is 0.416. The van der Waals surface area contributed by atoms with E-state index in [-0.39, 0.29) is 48.6 Å². The normalized spacial score (nSPS) is 29.6. The summed E-state index contributed by atoms with van der Waals surface area (Å²) in [6.45, 7) is 1.29. The van der Waals surface area contributed by atoms with Gasteiger partial charge in [0.2, 0.25) is 11.8 Å². The number of hydrogen-bond acceptors (Lipinski definition) is 5. The maximum atomic E-state index is 14.8. The molecule has 0 aromatic heterocycles. The highest BCUT2D eigenvalue weighted by Crippen LogP contribution is 2.40. The second kappa shape index (κ2) is 5.72. The van der Waals surface area contributed by atoms with Crippen molar-refractivity contribution in [2.75, 3.05) is 18.0 Å². The Morgan fingerprint density at radius 3 is 2.63 bits per heavy atom. The molecule has 0 spiro atoms. The van der Waals surface area contributed by atoms with E-state index in [0.717, 1.165) is 12.5 Å². The molecular weight excluding hydrogens is 358 g/mol. The number of benzene rings is 1. The van der Waals surface area contributed by atoms with Gasteiger partial charge in [0.05, 0.1) is 5.69 Å². The van der Waals surface area contributed by atoms with Crippen LogP contribution < -0.4 is 15.5 Å². The number of halogens is 2. The summed E-state index contributed by atoms with van der Waals surface area (Å²) in [4.78, 5) is 39.6. The lowest BCUT2D eigenvalue weighted by molar-refractivity contribution is -0.136. The third kappa shape index (κ3) is 2.37. The van der Waals surface area contributed by atoms with E-state index < -0.39 is 29.5 Å². The van der Waals surface area contributed by atoms with E-state index in [1.54, 1.807) is 0 Å². The van der Waals surface area contributed by atoms with Gasteiger partial charge in [-0.25, -0.2) is 8.78 Å². The number of piperazine rings is 1. The van der Waals surface area contributed by atoms with Gasteiger partial charge in [0.25, 0.3) is 5.91 Å². The fourth-order valence-corrected chi connectivity index (χ4v) is 4.76. The fourth-order valence-electron chi connectivity index (χ4n) is 4.76. The number of anilines is 1. The largest absolute Gasteiger partial charge is 0.363 e. The number of imide groups is 1. The Balaban J connectivity index is 1.53. The smallest absolute Gasteiger partial charge is 0.255 e. The number of nitrogens with zero attached hydrogens (tertiary/aromatic N) is 2. The Kier molecular flexibility index (Phi) is 3.52. The van der Waals surface area contributed by atoms with Gasteiger partial charge in [-0.05, 0) is 18.9 Å². The van der Waals surface area contributed by atoms with Gasteiger partial charge < -0.3 is 15.1 Å². The summed E-state index contributed by atoms with van der Waals surface area (Å²) in [5.41, 5.74) is 0.669. The van der Waals surface area contributed by atoms with Crippen molar-refractivity contribution >= 4 is 23.4 Å². The molecule has 9 heteroatoms. The van der Waals surface area contributed by atoms with Gasteiger partial charge in [-0.2, -0.15) is 0 Å². The number of carbonyl (C=O) groups excluding carboxylic acids is 3. The van der Waals surface area contributed by atoms with Crippen molar-refractivity contribution in [2.24, 2.45) is 0 Å². The molecule has 142 valence electrons. The zero-order valence-corrected chi connectivity index (χ0v) is 14.4. The predicted molar refractivity (Wildman–Crippen MR) is 89.9 cm³/mol. The molecule has 1 aromatic rings. The maximum absolute atomic E-state index is 14.8. The summed E-state index contributed by atoms with van der Waals surface area (Å²) in [7, 11) is 0. The highest BCUT2D eigenvalue weighted by molar-refractivity contribution is 6.06. The first-order valence-electron chi connectivity index (χ1n) is 9.09. The number of hydrogen-bond donors (Lipinski definition) is 2. The summed E-state index contributed by atoms with van der Waals surface area (Å²) in [6.07, 6.45) is 1.20. The van der Waals surface area contributed by atoms with Crippen LogP contribution in [0.25, 0.3) is 0 Å². The van der Waals surface area contributed by atoms with E-state index >= 15 is 0 Å². The van der Waals surface area contributed by atoms with Crippen molar-refractivity contribution in [1.82, 2.24) is 15.5 Å². The van der Waals surface area contributed by atoms with Crippen LogP contribution in [0.15, 0.2) is 6.07 Å². The van der Waals surface area contributed by atoms with E-state index in [0.29, 0.717) is 18.7 Å². The molecular formula is C18H18F2N4O3. The van der Waals surface area contributed by atoms with Crippen molar-refractivity contribution in [3.63, 3.8) is 0 Å². The number of amides is 3. The number of rotatable bonds is 2. The van der Waals surface area contributed by atoms with Crippen LogP contribution in [0.4, 0.5) is 14.5 Å². The van der Waals surface area contributed by atoms with E-state index in [1.165, 1.54) is 4.90 Å². The summed E-state index contributed by atoms with van der Waals surface area (Å²) < 4.78 is 29.1. The van der Waals surface area contributed by atoms with Gasteiger partial charge in [0, 0.05) is 49.3 Å². The monoisotopic (exact) mass is 376 g/mol. The molecule has 1 aromatic carbocycles. The van der Waals surface area contributed by atoms with Gasteiger partial charge in [0.1, 0.15) is 6.04 Å². The van der Waals surface area contributed by atoms with Crippen LogP contribution in [-0.2, 0) is 16.1 Å². The summed E-state index contributed by atoms with van der Waals surface area (Å²) in [5.74, 6) is -3.42. The minimum absolute atomic E-state index is 0.0360. The molecule has 3 atom stereocenters. The highest BCUT2D eigenvalue weighted by atomic mass is 19.2. The van der Waals surface area contributed by atoms with Crippen LogP contribution in [0.1, 0.15) is 35.2 Å². The highest BCUT2D eigenvalue weighted by Gasteiger charge is 2.45. The lowest BCUT2D eigenvalue weighted by Gasteiger charge is -2.32. The third-order valence-corrected chi connectivity index (χ3v) is 6.05. The van der Waals surface area contributed by atoms with Crippen molar-refractivity contribution < 1.29 is 23.2 Å². The molecule has 0 aliphatic carbocycles. The van der Waals surface area contributed by atoms with Crippen LogP contribution in [0.5, 0.6) is 0 Å². The van der Waals surface area contributed by atoms with Crippen molar-refractivity contribution in [2.45, 2.75) is 43.9 Å². The molecule has 3 saturated heterocycles. The molecule has 5 rings (SSSR count). The summed E-state index contributed by atoms with van der Waals surface area (Å²) >= 11 is 0. The van der Waals surface area contributed by atoms with Crippen LogP contribution in [0.2, 0.25) is 0 Å². The summed E-state index contributed by atoms with van der Waals surface area (Å²) in [5, 5.41) is 5.55. The molecule has 0 radical (unpaired) electrons. The van der Waals surface area contributed by atoms with Gasteiger partial charge in [0.15, 0.2) is 11.6 Å². The average molecular weight is 376 g/mol. The molecule has 3 amide bonds. The molecule has 4 heterocycles. The van der Waals surface area contributed by atoms with Crippen LogP contribution >= 0.6 is 0 Å². The Bertz CT molecular complexity index is 890. The molecule has 3 unspecified atom stereocenters. The van der Waals surface area contributed by atoms with E-state index in [9.17, 15) is 23.2 Å². The quantitative estimate of drug-likeness (QED) is 0.725. The maximum Gasteiger partial charge on any atom is 0.255 e. The Hall–Kier alpha value is -2.55. The van der Waals surface area contributed by atoms with Crippen LogP contribution in [-0.4, -0.2) is 53.8 Å². The van der Waals surface area contributed by atoms with E-state index in [1.807, 2.05) is 4.90 Å². The SMILES string of the molecule is O=C1CCC(N2Cc3c(cc(F)c(F)c3N3CC4CC3CN4)C2=O)C(=O)N1. The molecule has 2 N–H and O–H groups in total. The number of carbonyl (C=O) groups is 3. The second-order valence-electron chi connectivity index (χ2n) is 7.59. The minimum atomic E-state index is -1.06. The van der Waals surface area contributed by atoms with Gasteiger partial charge in [-0.15, -0.1) is 0 Å². The van der Waals surface area contributed by atoms with E-state index in [2.05, 4.69) is 10.6 Å². The Morgan fingerprint density at radius 2 is 1.96 bits per heavy atom. The lowest BCUT2D eigenvalue weighted by atomic mass is 10.0. The van der Waals surface area contributed by atoms with E-state index in [4.69, 9.17) is 0 Å². The Morgan fingerprint density at radius 1 is 1.15 bits per heavy atom. The molecule has 2 bridgehead atoms. The molecule has 27 heavy (non-hydrogen) atoms. The Labute approximate surface area is 153 Å². The first-order valence-corrected chi connectivity index (χ1v) is 9.09. The fraction of sp³-hybridized carbons (Fsp3) is 0.500. The third-order valence-electron chi connectivity index (χ3n) is 6.05. The van der Waals surface area contributed by atoms with Gasteiger partial charge in [-0.1, -0.05) is 0 Å². The van der Waals surface area contributed by atoms with Gasteiger partial charge in [-0.3, -0.25) is 19.7 Å². The predicted octanol–water partition coefficient (Wildman–Crippen LogP) is 0.276. The van der Waals surface area contributed by atoms with Crippen molar-refractivity contribution in [3.8, 4) is 0 Å². The standard InChI is InChI=1S/C18H18F2N4O3/c19-12-4-10-11(16(15(12)20)23-6-8-3-9(23)5-21-8)7-24(18(10)27)13-1-2-14(25)22-17(13)26/h4,8-9,13,21H,1-3,5-7H2,(H,22,25,26). The zero-order chi connectivity index (χ0) is 18.9. The number of piperidine rings is 1. The van der Waals surface area contributed by atoms with Crippen LogP contribution in [0.3, 0.4) is 0 Å². The average Bonchev–Trinajstić information content (AvgIpc) is 3.32. The minimum Gasteiger partial charge on any atom is -0.363 e. The van der Waals surface area contributed by atoms with Crippen molar-refractivity contribution in [3.05, 3.63) is 28.8 Å². The second-order valence-corrected chi connectivity index (χ2v) is 7.59. The number of fused-ring (bicyclic) bond motifs is 3. The van der Waals surface area contributed by atoms with Crippen molar-refractivity contribution in [1.29, 1.82) is 0 Å². The molecule has 0 saturated carbocycles. The lowest BCUT2D eigenvalue weighted by Crippen LogP contribution is -2.52. The zero-order valence-electron chi connectivity index (χ0n) is 14.4. The van der Waals surface area contributed by atoms with Crippen LogP contribution in [0, 0.1) is 11.6 Å². The molecule has 4 aliphatic rings. The molecule has 4 aliphatic heterocycles. The molecule has 7 nitrogen and oxygen atoms in total. The topological polar surface area (TPSA) is 81.8 Å².